The van der Waals surface area contributed by atoms with E-state index in [1.165, 1.54) is 18.2 Å². The molecule has 1 aromatic rings. The number of pyridine rings is 1. The molecule has 2 heterocycles. The average molecular weight is 428 g/mol. The maximum atomic E-state index is 12.8. The Morgan fingerprint density at radius 2 is 2.14 bits per heavy atom. The van der Waals surface area contributed by atoms with Crippen LogP contribution in [0.25, 0.3) is 0 Å². The Labute approximate surface area is 170 Å². The molecule has 0 aliphatic carbocycles. The van der Waals surface area contributed by atoms with Crippen LogP contribution in [0.2, 0.25) is 0 Å². The molecule has 11 heteroatoms. The second-order valence-corrected chi connectivity index (χ2v) is 9.19. The van der Waals surface area contributed by atoms with E-state index in [1.54, 1.807) is 13.8 Å². The minimum atomic E-state index is -4.09. The van der Waals surface area contributed by atoms with Gasteiger partial charge < -0.3 is 21.4 Å². The number of hydrogen-bond acceptors (Lipinski definition) is 6. The number of nitrogens with one attached hydrogen (secondary N) is 1. The Balaban J connectivity index is 2.05. The number of nitrogens with two attached hydrogens (primary N) is 1. The van der Waals surface area contributed by atoms with Crippen molar-refractivity contribution < 1.29 is 27.8 Å². The van der Waals surface area contributed by atoms with Crippen LogP contribution in [0.3, 0.4) is 0 Å². The van der Waals surface area contributed by atoms with E-state index in [-0.39, 0.29) is 24.2 Å². The molecule has 1 aliphatic rings. The molecule has 2 amide bonds. The summed E-state index contributed by atoms with van der Waals surface area (Å²) in [7, 11) is -4.09. The zero-order chi connectivity index (χ0) is 21.8. The van der Waals surface area contributed by atoms with E-state index in [0.29, 0.717) is 18.8 Å². The summed E-state index contributed by atoms with van der Waals surface area (Å²) in [5, 5.41) is 24.7. The fourth-order valence-electron chi connectivity index (χ4n) is 3.18. The standard InChI is InChI=1S/C18H27N4O6S/c1-12(17(19)24)10-13(2)18(25)20-14-6-5-8-21(11-15(14)23)29(27,28)16-7-3-4-9-22(16)26/h3-4,7,9,12,14-15,23H,5-6,8,10-11H2,1-2H3,(H2,19,24)(H,20,25). The molecule has 0 saturated carbocycles. The molecule has 1 fully saturated rings. The van der Waals surface area contributed by atoms with Crippen molar-refractivity contribution in [1.82, 2.24) is 9.62 Å². The van der Waals surface area contributed by atoms with Crippen LogP contribution in [0, 0.1) is 17.0 Å². The highest BCUT2D eigenvalue weighted by atomic mass is 32.2. The van der Waals surface area contributed by atoms with E-state index in [2.05, 4.69) is 5.32 Å². The van der Waals surface area contributed by atoms with Gasteiger partial charge in [0.15, 0.2) is 6.20 Å². The molecule has 29 heavy (non-hydrogen) atoms. The van der Waals surface area contributed by atoms with Crippen LogP contribution in [0.4, 0.5) is 0 Å². The predicted octanol–water partition coefficient (Wildman–Crippen LogP) is -0.944. The third-order valence-corrected chi connectivity index (χ3v) is 6.83. The van der Waals surface area contributed by atoms with E-state index >= 15 is 0 Å². The summed E-state index contributed by atoms with van der Waals surface area (Å²) in [6, 6.07) is 3.42. The first-order valence-corrected chi connectivity index (χ1v) is 10.8. The number of aromatic nitrogens is 1. The Kier molecular flexibility index (Phi) is 7.55. The highest BCUT2D eigenvalue weighted by Crippen LogP contribution is 2.20. The molecule has 4 N–H and O–H groups in total. The van der Waals surface area contributed by atoms with E-state index in [1.807, 2.05) is 0 Å². The normalized spacial score (nSPS) is 22.1. The van der Waals surface area contributed by atoms with Crippen molar-refractivity contribution in [3.05, 3.63) is 35.5 Å². The molecule has 10 nitrogen and oxygen atoms in total. The van der Waals surface area contributed by atoms with Gasteiger partial charge in [0.1, 0.15) is 0 Å². The lowest BCUT2D eigenvalue weighted by Crippen LogP contribution is -2.49. The van der Waals surface area contributed by atoms with E-state index in [9.17, 15) is 28.3 Å². The highest BCUT2D eigenvalue weighted by Gasteiger charge is 2.37. The highest BCUT2D eigenvalue weighted by molar-refractivity contribution is 7.88. The Morgan fingerprint density at radius 1 is 1.45 bits per heavy atom. The summed E-state index contributed by atoms with van der Waals surface area (Å²) in [4.78, 5) is 23.6. The summed E-state index contributed by atoms with van der Waals surface area (Å²) in [5.41, 5.74) is 5.22. The van der Waals surface area contributed by atoms with Crippen LogP contribution in [0.5, 0.6) is 0 Å². The average Bonchev–Trinajstić information content (AvgIpc) is 2.83. The van der Waals surface area contributed by atoms with Crippen LogP contribution >= 0.6 is 0 Å². The zero-order valence-corrected chi connectivity index (χ0v) is 17.3. The molecule has 3 unspecified atom stereocenters. The molecule has 1 saturated heterocycles. The number of rotatable bonds is 7. The van der Waals surface area contributed by atoms with Gasteiger partial charge in [-0.2, -0.15) is 9.04 Å². The first-order chi connectivity index (χ1) is 13.5. The fourth-order valence-corrected chi connectivity index (χ4v) is 4.70. The Bertz CT molecular complexity index is 847. The van der Waals surface area contributed by atoms with Crippen molar-refractivity contribution in [1.29, 1.82) is 0 Å². The number of sulfonamides is 1. The lowest BCUT2D eigenvalue weighted by atomic mass is 9.95. The van der Waals surface area contributed by atoms with Gasteiger partial charge in [-0.25, -0.2) is 8.42 Å². The van der Waals surface area contributed by atoms with Gasteiger partial charge >= 0.3 is 15.0 Å². The van der Waals surface area contributed by atoms with E-state index in [4.69, 9.17) is 5.73 Å². The summed E-state index contributed by atoms with van der Waals surface area (Å²) in [6.07, 6.45) is 0.895. The third kappa shape index (κ3) is 5.64. The molecule has 1 aliphatic heterocycles. The van der Waals surface area contributed by atoms with Gasteiger partial charge in [0, 0.05) is 31.1 Å². The maximum Gasteiger partial charge on any atom is 0.323 e. The summed E-state index contributed by atoms with van der Waals surface area (Å²) < 4.78 is 26.9. The first-order valence-electron chi connectivity index (χ1n) is 9.33. The van der Waals surface area contributed by atoms with Crippen molar-refractivity contribution in [3.8, 4) is 0 Å². The Morgan fingerprint density at radius 3 is 2.76 bits per heavy atom. The number of amides is 2. The van der Waals surface area contributed by atoms with Crippen LogP contribution in [0.15, 0.2) is 29.4 Å². The summed E-state index contributed by atoms with van der Waals surface area (Å²) >= 11 is 0. The lowest BCUT2D eigenvalue weighted by Gasteiger charge is -2.25. The van der Waals surface area contributed by atoms with Gasteiger partial charge in [-0.05, 0) is 32.3 Å². The van der Waals surface area contributed by atoms with Gasteiger partial charge in [-0.15, -0.1) is 0 Å². The molecular formula is C18H27N4O6S. The molecule has 0 spiro atoms. The maximum absolute atomic E-state index is 12.8. The molecule has 1 aromatic heterocycles. The minimum absolute atomic E-state index is 0.113. The van der Waals surface area contributed by atoms with E-state index < -0.39 is 44.9 Å². The second kappa shape index (κ2) is 9.51. The van der Waals surface area contributed by atoms with Crippen LogP contribution in [-0.4, -0.2) is 54.9 Å². The van der Waals surface area contributed by atoms with Crippen LogP contribution < -0.4 is 15.8 Å². The monoisotopic (exact) mass is 427 g/mol. The van der Waals surface area contributed by atoms with Gasteiger partial charge in [0.2, 0.25) is 11.8 Å². The minimum Gasteiger partial charge on any atom is -0.618 e. The van der Waals surface area contributed by atoms with Crippen LogP contribution in [0.1, 0.15) is 33.1 Å². The number of aliphatic hydroxyl groups excluding tert-OH is 1. The van der Waals surface area contributed by atoms with Gasteiger partial charge in [0.05, 0.1) is 18.1 Å². The van der Waals surface area contributed by atoms with Crippen molar-refractivity contribution in [2.45, 2.75) is 50.3 Å². The van der Waals surface area contributed by atoms with Crippen molar-refractivity contribution in [2.75, 3.05) is 13.1 Å². The summed E-state index contributed by atoms with van der Waals surface area (Å²) in [6.45, 7) is 3.06. The van der Waals surface area contributed by atoms with Crippen LogP contribution in [-0.2, 0) is 19.6 Å². The van der Waals surface area contributed by atoms with E-state index in [0.717, 1.165) is 10.5 Å². The number of carbonyl (C=O) groups excluding carboxylic acids is 2. The fraction of sp³-hybridized carbons (Fsp3) is 0.556. The number of carbonyl (C=O) groups is 2. The quantitative estimate of drug-likeness (QED) is 0.376. The predicted molar refractivity (Wildman–Crippen MR) is 103 cm³/mol. The Hall–Kier alpha value is -2.24. The molecule has 1 radical (unpaired) electrons. The SMILES string of the molecule is C[C](CC(C)C(N)=O)C(=O)NC1CCCN(S(=O)(=O)c2cccc[n+]2[O-])CC1O. The zero-order valence-electron chi connectivity index (χ0n) is 16.4. The first kappa shape index (κ1) is 23.0. The van der Waals surface area contributed by atoms with Crippen molar-refractivity contribution in [3.63, 3.8) is 0 Å². The molecule has 2 rings (SSSR count). The number of aliphatic hydroxyl groups is 1. The summed E-state index contributed by atoms with van der Waals surface area (Å²) in [5.74, 6) is -1.03. The second-order valence-electron chi connectivity index (χ2n) is 7.31. The van der Waals surface area contributed by atoms with Gasteiger partial charge in [-0.3, -0.25) is 9.59 Å². The van der Waals surface area contributed by atoms with Crippen molar-refractivity contribution >= 4 is 21.8 Å². The van der Waals surface area contributed by atoms with Crippen molar-refractivity contribution in [2.24, 2.45) is 11.7 Å². The number of nitrogens with zero attached hydrogens (tertiary/aromatic N) is 2. The largest absolute Gasteiger partial charge is 0.618 e. The topological polar surface area (TPSA) is 157 Å². The number of β-amino-alcohol motifs (C(OH)–C–C–N with tert-alkyl or cyclic N) is 1. The third-order valence-electron chi connectivity index (χ3n) is 4.97. The number of hydrogen-bond donors (Lipinski definition) is 3. The van der Waals surface area contributed by atoms with Gasteiger partial charge in [-0.1, -0.05) is 6.92 Å². The molecular weight excluding hydrogens is 400 g/mol. The van der Waals surface area contributed by atoms with Gasteiger partial charge in [0.25, 0.3) is 0 Å². The molecule has 3 atom stereocenters. The smallest absolute Gasteiger partial charge is 0.323 e. The number of primary amides is 1. The molecule has 0 aromatic carbocycles. The molecule has 0 bridgehead atoms. The molecule has 161 valence electrons. The lowest BCUT2D eigenvalue weighted by molar-refractivity contribution is -0.646.